The summed E-state index contributed by atoms with van der Waals surface area (Å²) >= 11 is 0. The number of hydrogen-bond donors (Lipinski definition) is 1. The molecule has 1 heterocycles. The third-order valence-corrected chi connectivity index (χ3v) is 3.36. The summed E-state index contributed by atoms with van der Waals surface area (Å²) in [6.45, 7) is -1.02. The highest BCUT2D eigenvalue weighted by molar-refractivity contribution is 5.65. The Morgan fingerprint density at radius 1 is 1.21 bits per heavy atom. The Morgan fingerprint density at radius 2 is 1.83 bits per heavy atom. The highest BCUT2D eigenvalue weighted by atomic mass is 19.3. The van der Waals surface area contributed by atoms with E-state index in [0.717, 1.165) is 0 Å². The summed E-state index contributed by atoms with van der Waals surface area (Å²) in [5.74, 6) is 0.717. The molecule has 0 radical (unpaired) electrons. The molecule has 24 heavy (non-hydrogen) atoms. The quantitative estimate of drug-likeness (QED) is 0.789. The van der Waals surface area contributed by atoms with Gasteiger partial charge in [0.05, 0.1) is 14.2 Å². The predicted molar refractivity (Wildman–Crippen MR) is 81.7 cm³/mol. The molecule has 1 aromatic carbocycles. The minimum Gasteiger partial charge on any atom is -0.493 e. The molecule has 0 aliphatic heterocycles. The number of benzene rings is 1. The number of hydrogen-bond acceptors (Lipinski definition) is 7. The van der Waals surface area contributed by atoms with E-state index in [0.29, 0.717) is 17.8 Å². The lowest BCUT2D eigenvalue weighted by molar-refractivity contribution is -0.0526. The van der Waals surface area contributed by atoms with E-state index in [1.54, 1.807) is 0 Å². The first-order chi connectivity index (χ1) is 11.5. The summed E-state index contributed by atoms with van der Waals surface area (Å²) < 4.78 is 45.0. The van der Waals surface area contributed by atoms with Crippen molar-refractivity contribution in [3.05, 3.63) is 18.0 Å². The van der Waals surface area contributed by atoms with Crippen LogP contribution in [0.2, 0.25) is 0 Å². The molecule has 1 aromatic heterocycles. The normalized spacial score (nSPS) is 12.3. The Balaban J connectivity index is 2.37. The second-order valence-electron chi connectivity index (χ2n) is 5.00. The van der Waals surface area contributed by atoms with Crippen molar-refractivity contribution in [1.29, 1.82) is 0 Å². The number of nitrogens with zero attached hydrogens (tertiary/aromatic N) is 2. The first-order valence-electron chi connectivity index (χ1n) is 7.19. The van der Waals surface area contributed by atoms with Crippen molar-refractivity contribution in [3.63, 3.8) is 0 Å². The van der Waals surface area contributed by atoms with Crippen LogP contribution >= 0.6 is 0 Å². The van der Waals surface area contributed by atoms with Crippen LogP contribution in [0.25, 0.3) is 11.5 Å². The van der Waals surface area contributed by atoms with Crippen molar-refractivity contribution in [2.24, 2.45) is 0 Å². The average Bonchev–Trinajstić information content (AvgIpc) is 3.02. The van der Waals surface area contributed by atoms with Gasteiger partial charge in [-0.3, -0.25) is 0 Å². The molecular weight excluding hydrogens is 324 g/mol. The number of nitrogens with one attached hydrogen (secondary N) is 1. The van der Waals surface area contributed by atoms with Crippen LogP contribution in [0.1, 0.15) is 12.7 Å². The van der Waals surface area contributed by atoms with Gasteiger partial charge in [-0.1, -0.05) is 5.16 Å². The molecule has 132 valence electrons. The zero-order valence-electron chi connectivity index (χ0n) is 13.8. The Labute approximate surface area is 137 Å². The molecule has 0 bridgehead atoms. The molecule has 0 saturated heterocycles. The van der Waals surface area contributed by atoms with Crippen molar-refractivity contribution in [2.75, 3.05) is 21.3 Å². The highest BCUT2D eigenvalue weighted by Gasteiger charge is 2.21. The van der Waals surface area contributed by atoms with E-state index in [1.807, 2.05) is 14.0 Å². The van der Waals surface area contributed by atoms with Crippen LogP contribution in [0.4, 0.5) is 8.78 Å². The van der Waals surface area contributed by atoms with Gasteiger partial charge in [-0.05, 0) is 26.1 Å². The second kappa shape index (κ2) is 7.91. The van der Waals surface area contributed by atoms with Gasteiger partial charge in [-0.15, -0.1) is 0 Å². The lowest BCUT2D eigenvalue weighted by atomic mass is 10.1. The SMILES string of the molecule is CNC(C)Cc1noc(-c2cc(OC)c(OC(F)F)c(OC)c2)n1. The van der Waals surface area contributed by atoms with Crippen LogP contribution in [0.15, 0.2) is 16.7 Å². The zero-order valence-corrected chi connectivity index (χ0v) is 13.8. The molecule has 0 spiro atoms. The monoisotopic (exact) mass is 343 g/mol. The molecule has 0 fully saturated rings. The number of ether oxygens (including phenoxy) is 3. The summed E-state index contributed by atoms with van der Waals surface area (Å²) in [4.78, 5) is 4.29. The van der Waals surface area contributed by atoms with Gasteiger partial charge in [0.15, 0.2) is 17.3 Å². The molecule has 0 aliphatic carbocycles. The van der Waals surface area contributed by atoms with Crippen LogP contribution in [-0.4, -0.2) is 44.1 Å². The van der Waals surface area contributed by atoms with Gasteiger partial charge < -0.3 is 24.1 Å². The van der Waals surface area contributed by atoms with E-state index < -0.39 is 6.61 Å². The highest BCUT2D eigenvalue weighted by Crippen LogP contribution is 2.41. The van der Waals surface area contributed by atoms with E-state index in [-0.39, 0.29) is 29.2 Å². The Kier molecular flexibility index (Phi) is 5.91. The third-order valence-electron chi connectivity index (χ3n) is 3.36. The lowest BCUT2D eigenvalue weighted by Gasteiger charge is -2.14. The van der Waals surface area contributed by atoms with Gasteiger partial charge >= 0.3 is 6.61 Å². The standard InChI is InChI=1S/C15H19F2N3O4/c1-8(18-2)5-12-19-14(24-20-12)9-6-10(21-3)13(23-15(16)17)11(7-9)22-4/h6-8,15,18H,5H2,1-4H3. The van der Waals surface area contributed by atoms with Crippen molar-refractivity contribution in [3.8, 4) is 28.7 Å². The van der Waals surface area contributed by atoms with Crippen molar-refractivity contribution in [1.82, 2.24) is 15.5 Å². The summed E-state index contributed by atoms with van der Waals surface area (Å²) in [5, 5.41) is 6.98. The van der Waals surface area contributed by atoms with Crippen LogP contribution in [0, 0.1) is 0 Å². The number of rotatable bonds is 8. The molecule has 7 nitrogen and oxygen atoms in total. The first-order valence-corrected chi connectivity index (χ1v) is 7.19. The largest absolute Gasteiger partial charge is 0.493 e. The summed E-state index contributed by atoms with van der Waals surface area (Å²) in [7, 11) is 4.51. The summed E-state index contributed by atoms with van der Waals surface area (Å²) in [5.41, 5.74) is 0.473. The summed E-state index contributed by atoms with van der Waals surface area (Å²) in [6.07, 6.45) is 0.584. The first kappa shape index (κ1) is 17.9. The number of halogens is 2. The van der Waals surface area contributed by atoms with Gasteiger partial charge in [0.25, 0.3) is 5.89 Å². The molecule has 1 N–H and O–H groups in total. The topological polar surface area (TPSA) is 78.6 Å². The fraction of sp³-hybridized carbons (Fsp3) is 0.467. The van der Waals surface area contributed by atoms with Gasteiger partial charge in [-0.25, -0.2) is 0 Å². The van der Waals surface area contributed by atoms with Crippen molar-refractivity contribution < 1.29 is 27.5 Å². The zero-order chi connectivity index (χ0) is 17.7. The number of methoxy groups -OCH3 is 2. The third kappa shape index (κ3) is 4.10. The molecule has 2 aromatic rings. The minimum atomic E-state index is -3.00. The average molecular weight is 343 g/mol. The maximum Gasteiger partial charge on any atom is 0.387 e. The molecule has 9 heteroatoms. The van der Waals surface area contributed by atoms with E-state index >= 15 is 0 Å². The van der Waals surface area contributed by atoms with Gasteiger partial charge in [0.1, 0.15) is 0 Å². The maximum atomic E-state index is 12.6. The van der Waals surface area contributed by atoms with Gasteiger partial charge in [-0.2, -0.15) is 13.8 Å². The van der Waals surface area contributed by atoms with Crippen LogP contribution in [-0.2, 0) is 6.42 Å². The molecule has 1 unspecified atom stereocenters. The molecule has 0 saturated carbocycles. The molecule has 0 aliphatic rings. The minimum absolute atomic E-state index is 0.0768. The molecule has 1 atom stereocenters. The van der Waals surface area contributed by atoms with Crippen LogP contribution in [0.3, 0.4) is 0 Å². The van der Waals surface area contributed by atoms with Crippen molar-refractivity contribution in [2.45, 2.75) is 26.0 Å². The smallest absolute Gasteiger partial charge is 0.387 e. The number of likely N-dealkylation sites (N-methyl/N-ethyl adjacent to an activating group) is 1. The second-order valence-corrected chi connectivity index (χ2v) is 5.00. The molecular formula is C15H19F2N3O4. The maximum absolute atomic E-state index is 12.6. The number of aromatic nitrogens is 2. The van der Waals surface area contributed by atoms with E-state index in [2.05, 4.69) is 20.2 Å². The van der Waals surface area contributed by atoms with E-state index in [4.69, 9.17) is 14.0 Å². The fourth-order valence-corrected chi connectivity index (χ4v) is 2.04. The van der Waals surface area contributed by atoms with Gasteiger partial charge in [0.2, 0.25) is 5.75 Å². The lowest BCUT2D eigenvalue weighted by Crippen LogP contribution is -2.24. The van der Waals surface area contributed by atoms with E-state index in [1.165, 1.54) is 26.4 Å². The molecule has 0 amide bonds. The Hall–Kier alpha value is -2.42. The fourth-order valence-electron chi connectivity index (χ4n) is 2.04. The van der Waals surface area contributed by atoms with Crippen molar-refractivity contribution >= 4 is 0 Å². The number of alkyl halides is 2. The molecule has 2 rings (SSSR count). The van der Waals surface area contributed by atoms with Crippen LogP contribution in [0.5, 0.6) is 17.2 Å². The Morgan fingerprint density at radius 3 is 2.33 bits per heavy atom. The Bertz CT molecular complexity index is 653. The van der Waals surface area contributed by atoms with Crippen LogP contribution < -0.4 is 19.5 Å². The van der Waals surface area contributed by atoms with E-state index in [9.17, 15) is 8.78 Å². The van der Waals surface area contributed by atoms with Gasteiger partial charge in [0, 0.05) is 18.0 Å². The predicted octanol–water partition coefficient (Wildman–Crippen LogP) is 2.51. The summed E-state index contributed by atoms with van der Waals surface area (Å²) in [6, 6.07) is 3.12.